The second-order valence-corrected chi connectivity index (χ2v) is 5.90. The van der Waals surface area contributed by atoms with E-state index in [4.69, 9.17) is 21.4 Å². The summed E-state index contributed by atoms with van der Waals surface area (Å²) in [5.74, 6) is -0.776. The Kier molecular flexibility index (Phi) is 5.98. The van der Waals surface area contributed by atoms with E-state index in [0.717, 1.165) is 12.8 Å². The van der Waals surface area contributed by atoms with E-state index in [1.807, 2.05) is 0 Å². The van der Waals surface area contributed by atoms with E-state index in [2.05, 4.69) is 16.9 Å². The van der Waals surface area contributed by atoms with Crippen LogP contribution in [-0.4, -0.2) is 34.6 Å². The van der Waals surface area contributed by atoms with Crippen LogP contribution in [0, 0.1) is 5.92 Å². The number of aliphatic carboxylic acids is 1. The van der Waals surface area contributed by atoms with Crippen LogP contribution in [0.25, 0.3) is 0 Å². The van der Waals surface area contributed by atoms with Gasteiger partial charge < -0.3 is 15.2 Å². The molecule has 1 fully saturated rings. The highest BCUT2D eigenvalue weighted by Crippen LogP contribution is 2.31. The van der Waals surface area contributed by atoms with Crippen LogP contribution in [0.2, 0.25) is 5.02 Å². The number of carboxylic acids is 1. The number of carbonyl (C=O) groups is 2. The fraction of sp³-hybridized carbons (Fsp3) is 0.438. The summed E-state index contributed by atoms with van der Waals surface area (Å²) >= 11 is 6.06. The summed E-state index contributed by atoms with van der Waals surface area (Å²) in [4.78, 5) is 27.3. The summed E-state index contributed by atoms with van der Waals surface area (Å²) in [6.07, 6.45) is 6.00. The minimum absolute atomic E-state index is 0.193. The topological polar surface area (TPSA) is 88.5 Å². The lowest BCUT2D eigenvalue weighted by Gasteiger charge is -2.14. The standard InChI is InChI=1S/C16H19ClN2O4/c1-2-3-4-13(16(21)22)19-14(20)11-7-12(17)15(18-8-11)23-9-10-5-6-10/h2,7-8,10,13H,1,3-6,9H2,(H,19,20)(H,21,22). The molecule has 23 heavy (non-hydrogen) atoms. The van der Waals surface area contributed by atoms with Gasteiger partial charge >= 0.3 is 5.97 Å². The molecule has 0 spiro atoms. The zero-order valence-electron chi connectivity index (χ0n) is 12.6. The number of carbonyl (C=O) groups excluding carboxylic acids is 1. The van der Waals surface area contributed by atoms with Crippen molar-refractivity contribution in [3.8, 4) is 5.88 Å². The predicted octanol–water partition coefficient (Wildman–Crippen LogP) is 2.67. The van der Waals surface area contributed by atoms with E-state index < -0.39 is 17.9 Å². The summed E-state index contributed by atoms with van der Waals surface area (Å²) in [6, 6.07) is 0.448. The minimum Gasteiger partial charge on any atom is -0.480 e. The fourth-order valence-corrected chi connectivity index (χ4v) is 2.14. The van der Waals surface area contributed by atoms with Gasteiger partial charge in [0.15, 0.2) is 0 Å². The fourth-order valence-electron chi connectivity index (χ4n) is 1.92. The largest absolute Gasteiger partial charge is 0.480 e. The maximum Gasteiger partial charge on any atom is 0.326 e. The molecule has 1 saturated carbocycles. The maximum atomic E-state index is 12.1. The van der Waals surface area contributed by atoms with E-state index in [1.54, 1.807) is 6.08 Å². The number of aromatic nitrogens is 1. The van der Waals surface area contributed by atoms with Crippen LogP contribution < -0.4 is 10.1 Å². The van der Waals surface area contributed by atoms with Crippen molar-refractivity contribution in [1.29, 1.82) is 0 Å². The molecule has 0 saturated heterocycles. The SMILES string of the molecule is C=CCCC(NC(=O)c1cnc(OCC2CC2)c(Cl)c1)C(=O)O. The monoisotopic (exact) mass is 338 g/mol. The van der Waals surface area contributed by atoms with Crippen LogP contribution in [0.15, 0.2) is 24.9 Å². The zero-order valence-corrected chi connectivity index (χ0v) is 13.4. The predicted molar refractivity (Wildman–Crippen MR) is 85.8 cm³/mol. The van der Waals surface area contributed by atoms with E-state index in [1.165, 1.54) is 12.3 Å². The van der Waals surface area contributed by atoms with Crippen LogP contribution in [0.3, 0.4) is 0 Å². The first-order chi connectivity index (χ1) is 11.0. The Hall–Kier alpha value is -2.08. The normalized spacial score (nSPS) is 14.8. The van der Waals surface area contributed by atoms with Crippen LogP contribution >= 0.6 is 11.6 Å². The van der Waals surface area contributed by atoms with Gasteiger partial charge in [0.2, 0.25) is 5.88 Å². The summed E-state index contributed by atoms with van der Waals surface area (Å²) in [5.41, 5.74) is 0.193. The molecule has 7 heteroatoms. The van der Waals surface area contributed by atoms with Crippen LogP contribution in [0.1, 0.15) is 36.0 Å². The van der Waals surface area contributed by atoms with Gasteiger partial charge in [0.05, 0.1) is 12.2 Å². The Labute approximate surface area is 139 Å². The lowest BCUT2D eigenvalue weighted by Crippen LogP contribution is -2.40. The summed E-state index contributed by atoms with van der Waals surface area (Å²) < 4.78 is 5.49. The number of carboxylic acid groups (broad SMARTS) is 1. The molecule has 0 radical (unpaired) electrons. The van der Waals surface area contributed by atoms with Crippen LogP contribution in [-0.2, 0) is 4.79 Å². The molecule has 1 atom stereocenters. The van der Waals surface area contributed by atoms with Crippen LogP contribution in [0.4, 0.5) is 0 Å². The Bertz CT molecular complexity index is 602. The van der Waals surface area contributed by atoms with Crippen molar-refractivity contribution in [3.63, 3.8) is 0 Å². The average Bonchev–Trinajstić information content (AvgIpc) is 3.33. The number of ether oxygens (including phenoxy) is 1. The Balaban J connectivity index is 1.98. The third-order valence-electron chi connectivity index (χ3n) is 3.49. The molecule has 1 amide bonds. The molecule has 1 aliphatic rings. The third kappa shape index (κ3) is 5.25. The molecule has 124 valence electrons. The average molecular weight is 339 g/mol. The highest BCUT2D eigenvalue weighted by molar-refractivity contribution is 6.32. The molecular weight excluding hydrogens is 320 g/mol. The number of hydrogen-bond acceptors (Lipinski definition) is 4. The van der Waals surface area contributed by atoms with Gasteiger partial charge in [-0.1, -0.05) is 17.7 Å². The first kappa shape index (κ1) is 17.3. The third-order valence-corrected chi connectivity index (χ3v) is 3.76. The van der Waals surface area contributed by atoms with Crippen molar-refractivity contribution in [2.24, 2.45) is 5.92 Å². The van der Waals surface area contributed by atoms with E-state index in [-0.39, 0.29) is 22.9 Å². The highest BCUT2D eigenvalue weighted by atomic mass is 35.5. The zero-order chi connectivity index (χ0) is 16.8. The molecule has 1 aromatic rings. The van der Waals surface area contributed by atoms with Crippen molar-refractivity contribution in [3.05, 3.63) is 35.5 Å². The molecule has 0 aromatic carbocycles. The van der Waals surface area contributed by atoms with Gasteiger partial charge in [-0.05, 0) is 37.7 Å². The number of amides is 1. The number of rotatable bonds is 9. The second kappa shape index (κ2) is 7.97. The number of allylic oxidation sites excluding steroid dienone is 1. The maximum absolute atomic E-state index is 12.1. The van der Waals surface area contributed by atoms with E-state index in [0.29, 0.717) is 18.9 Å². The van der Waals surface area contributed by atoms with Gasteiger partial charge in [0.1, 0.15) is 11.1 Å². The van der Waals surface area contributed by atoms with E-state index in [9.17, 15) is 9.59 Å². The number of nitrogens with one attached hydrogen (secondary N) is 1. The highest BCUT2D eigenvalue weighted by Gasteiger charge is 2.23. The molecule has 2 N–H and O–H groups in total. The molecule has 2 rings (SSSR count). The Morgan fingerprint density at radius 1 is 1.57 bits per heavy atom. The molecule has 6 nitrogen and oxygen atoms in total. The number of pyridine rings is 1. The number of hydrogen-bond donors (Lipinski definition) is 2. The van der Waals surface area contributed by atoms with Gasteiger partial charge in [-0.3, -0.25) is 4.79 Å². The Morgan fingerprint density at radius 2 is 2.30 bits per heavy atom. The summed E-state index contributed by atoms with van der Waals surface area (Å²) in [6.45, 7) is 4.11. The van der Waals surface area contributed by atoms with Gasteiger partial charge in [-0.15, -0.1) is 6.58 Å². The molecule has 0 bridgehead atoms. The summed E-state index contributed by atoms with van der Waals surface area (Å²) in [7, 11) is 0. The lowest BCUT2D eigenvalue weighted by atomic mass is 10.1. The van der Waals surface area contributed by atoms with Gasteiger partial charge in [0, 0.05) is 6.20 Å². The first-order valence-corrected chi connectivity index (χ1v) is 7.82. The van der Waals surface area contributed by atoms with Gasteiger partial charge in [-0.2, -0.15) is 0 Å². The van der Waals surface area contributed by atoms with Crippen molar-refractivity contribution in [2.45, 2.75) is 31.7 Å². The van der Waals surface area contributed by atoms with Crippen molar-refractivity contribution >= 4 is 23.5 Å². The van der Waals surface area contributed by atoms with Crippen molar-refractivity contribution in [1.82, 2.24) is 10.3 Å². The quantitative estimate of drug-likeness (QED) is 0.676. The molecule has 1 heterocycles. The van der Waals surface area contributed by atoms with Gasteiger partial charge in [-0.25, -0.2) is 9.78 Å². The second-order valence-electron chi connectivity index (χ2n) is 5.50. The van der Waals surface area contributed by atoms with Gasteiger partial charge in [0.25, 0.3) is 5.91 Å². The minimum atomic E-state index is -1.09. The van der Waals surface area contributed by atoms with Crippen molar-refractivity contribution in [2.75, 3.05) is 6.61 Å². The number of nitrogens with zero attached hydrogens (tertiary/aromatic N) is 1. The molecule has 0 aliphatic heterocycles. The molecule has 1 aliphatic carbocycles. The smallest absolute Gasteiger partial charge is 0.326 e. The van der Waals surface area contributed by atoms with Crippen LogP contribution in [0.5, 0.6) is 5.88 Å². The van der Waals surface area contributed by atoms with E-state index >= 15 is 0 Å². The molecular formula is C16H19ClN2O4. The number of halogens is 1. The Morgan fingerprint density at radius 3 is 2.87 bits per heavy atom. The first-order valence-electron chi connectivity index (χ1n) is 7.44. The molecule has 1 unspecified atom stereocenters. The van der Waals surface area contributed by atoms with Crippen molar-refractivity contribution < 1.29 is 19.4 Å². The lowest BCUT2D eigenvalue weighted by molar-refractivity contribution is -0.139. The molecule has 1 aromatic heterocycles. The summed E-state index contributed by atoms with van der Waals surface area (Å²) in [5, 5.41) is 11.8.